The summed E-state index contributed by atoms with van der Waals surface area (Å²) in [4.78, 5) is 20.9. The summed E-state index contributed by atoms with van der Waals surface area (Å²) in [7, 11) is -3.97. The molecule has 0 saturated heterocycles. The predicted octanol–water partition coefficient (Wildman–Crippen LogP) is 4.82. The number of rotatable bonds is 10. The van der Waals surface area contributed by atoms with Crippen LogP contribution in [0, 0.1) is 11.3 Å². The molecule has 0 aliphatic rings. The second-order valence-corrected chi connectivity index (χ2v) is 11.5. The summed E-state index contributed by atoms with van der Waals surface area (Å²) in [5.41, 5.74) is 2.00. The van der Waals surface area contributed by atoms with Crippen LogP contribution in [0.4, 0.5) is 11.5 Å². The van der Waals surface area contributed by atoms with E-state index in [1.807, 2.05) is 40.3 Å². The smallest absolute Gasteiger partial charge is 0.266 e. The first-order valence-electron chi connectivity index (χ1n) is 11.8. The number of nitriles is 1. The van der Waals surface area contributed by atoms with E-state index >= 15 is 0 Å². The van der Waals surface area contributed by atoms with E-state index in [9.17, 15) is 13.2 Å². The average Bonchev–Trinajstić information content (AvgIpc) is 3.57. The van der Waals surface area contributed by atoms with Crippen LogP contribution in [-0.4, -0.2) is 47.8 Å². The molecule has 0 saturated carbocycles. The fourth-order valence-electron chi connectivity index (χ4n) is 3.97. The summed E-state index contributed by atoms with van der Waals surface area (Å²) in [6.07, 6.45) is 2.20. The van der Waals surface area contributed by atoms with E-state index < -0.39 is 22.1 Å². The van der Waals surface area contributed by atoms with Gasteiger partial charge in [-0.25, -0.2) is 14.2 Å². The minimum atomic E-state index is -3.97. The molecule has 3 heterocycles. The zero-order valence-corrected chi connectivity index (χ0v) is 23.3. The van der Waals surface area contributed by atoms with Crippen molar-refractivity contribution in [2.45, 2.75) is 12.6 Å². The first kappa shape index (κ1) is 27.4. The number of nitrogens with one attached hydrogen (secondary N) is 2. The topological polar surface area (TPSA) is 148 Å². The molecule has 0 radical (unpaired) electrons. The number of halogens is 1. The van der Waals surface area contributed by atoms with Crippen LogP contribution >= 0.6 is 22.9 Å². The average molecular weight is 597 g/mol. The van der Waals surface area contributed by atoms with E-state index in [-0.39, 0.29) is 13.1 Å². The minimum Gasteiger partial charge on any atom is -0.455 e. The molecule has 0 fully saturated rings. The van der Waals surface area contributed by atoms with Gasteiger partial charge in [0.2, 0.25) is 6.10 Å². The van der Waals surface area contributed by atoms with Gasteiger partial charge >= 0.3 is 0 Å². The number of ether oxygens (including phenoxy) is 1. The van der Waals surface area contributed by atoms with Crippen LogP contribution in [0.5, 0.6) is 11.5 Å². The van der Waals surface area contributed by atoms with Gasteiger partial charge in [0.05, 0.1) is 16.8 Å². The van der Waals surface area contributed by atoms with Crippen LogP contribution in [0.15, 0.2) is 66.4 Å². The number of hydrogen-bond acceptors (Lipinski definition) is 10. The number of benzene rings is 2. The van der Waals surface area contributed by atoms with Crippen molar-refractivity contribution in [3.63, 3.8) is 0 Å². The molecular weight excluding hydrogens is 576 g/mol. The van der Waals surface area contributed by atoms with E-state index in [1.54, 1.807) is 35.7 Å². The van der Waals surface area contributed by atoms with Gasteiger partial charge in [0.1, 0.15) is 29.4 Å². The van der Waals surface area contributed by atoms with Crippen molar-refractivity contribution < 1.29 is 22.1 Å². The molecule has 2 N–H and O–H groups in total. The van der Waals surface area contributed by atoms with E-state index in [2.05, 4.69) is 24.8 Å². The standard InChI is InChI=1S/C26H21ClN6O5S2/c1-40(35,36)38-22(14-28)26(34)29-9-11-33-10-7-19-24(33)25(31-15-30-19)32-16-5-6-21(18(27)13-16)37-20-3-2-4-23-17(20)8-12-39-23/h2-8,10,12-13,15,22H,9,11H2,1H3,(H,29,34)(H,30,31,32). The van der Waals surface area contributed by atoms with Crippen molar-refractivity contribution in [3.8, 4) is 17.6 Å². The quantitative estimate of drug-likeness (QED) is 0.216. The molecule has 204 valence electrons. The maximum absolute atomic E-state index is 12.2. The van der Waals surface area contributed by atoms with Gasteiger partial charge in [-0.05, 0) is 47.8 Å². The fourth-order valence-corrected chi connectivity index (χ4v) is 5.48. The van der Waals surface area contributed by atoms with Gasteiger partial charge in [-0.1, -0.05) is 17.7 Å². The number of amides is 1. The van der Waals surface area contributed by atoms with Gasteiger partial charge in [-0.2, -0.15) is 13.7 Å². The maximum atomic E-state index is 12.2. The highest BCUT2D eigenvalue weighted by atomic mass is 35.5. The van der Waals surface area contributed by atoms with Crippen LogP contribution in [0.25, 0.3) is 21.1 Å². The van der Waals surface area contributed by atoms with Crippen LogP contribution < -0.4 is 15.4 Å². The molecule has 14 heteroatoms. The third-order valence-electron chi connectivity index (χ3n) is 5.70. The number of anilines is 2. The van der Waals surface area contributed by atoms with Crippen molar-refractivity contribution in [3.05, 3.63) is 71.5 Å². The molecule has 0 spiro atoms. The summed E-state index contributed by atoms with van der Waals surface area (Å²) in [5.74, 6) is 0.872. The number of nitrogens with zero attached hydrogens (tertiary/aromatic N) is 4. The molecule has 5 rings (SSSR count). The molecule has 0 aliphatic carbocycles. The van der Waals surface area contributed by atoms with Crippen LogP contribution in [0.3, 0.4) is 0 Å². The van der Waals surface area contributed by atoms with Crippen molar-refractivity contribution in [2.75, 3.05) is 18.1 Å². The Morgan fingerprint density at radius 3 is 2.83 bits per heavy atom. The lowest BCUT2D eigenvalue weighted by Gasteiger charge is -2.13. The van der Waals surface area contributed by atoms with Crippen molar-refractivity contribution >= 4 is 71.6 Å². The number of carbonyl (C=O) groups excluding carboxylic acids is 1. The Hall–Kier alpha value is -4.22. The molecule has 1 unspecified atom stereocenters. The first-order chi connectivity index (χ1) is 19.2. The normalized spacial score (nSPS) is 12.2. The lowest BCUT2D eigenvalue weighted by molar-refractivity contribution is -0.125. The summed E-state index contributed by atoms with van der Waals surface area (Å²) in [5, 5.41) is 18.2. The van der Waals surface area contributed by atoms with Gasteiger partial charge in [-0.3, -0.25) is 4.79 Å². The van der Waals surface area contributed by atoms with E-state index in [4.69, 9.17) is 21.6 Å². The Balaban J connectivity index is 1.30. The van der Waals surface area contributed by atoms with Gasteiger partial charge in [0, 0.05) is 35.1 Å². The Labute approximate surface area is 238 Å². The molecule has 1 amide bonds. The molecule has 1 atom stereocenters. The number of fused-ring (bicyclic) bond motifs is 2. The van der Waals surface area contributed by atoms with Crippen molar-refractivity contribution in [1.82, 2.24) is 19.9 Å². The Morgan fingerprint density at radius 2 is 2.05 bits per heavy atom. The van der Waals surface area contributed by atoms with Crippen LogP contribution in [-0.2, 0) is 25.6 Å². The predicted molar refractivity (Wildman–Crippen MR) is 153 cm³/mol. The molecule has 0 aliphatic heterocycles. The second kappa shape index (κ2) is 11.5. The molecule has 0 bridgehead atoms. The van der Waals surface area contributed by atoms with Gasteiger partial charge in [0.15, 0.2) is 5.82 Å². The number of thiophene rings is 1. The van der Waals surface area contributed by atoms with Gasteiger partial charge in [-0.15, -0.1) is 11.3 Å². The zero-order chi connectivity index (χ0) is 28.3. The maximum Gasteiger partial charge on any atom is 0.266 e. The third kappa shape index (κ3) is 6.16. The SMILES string of the molecule is CS(=O)(=O)OC(C#N)C(=O)NCCn1ccc2ncnc(Nc3ccc(Oc4cccc5sccc45)c(Cl)c3)c21. The Morgan fingerprint density at radius 1 is 1.20 bits per heavy atom. The van der Waals surface area contributed by atoms with Crippen LogP contribution in [0.1, 0.15) is 0 Å². The molecule has 40 heavy (non-hydrogen) atoms. The van der Waals surface area contributed by atoms with Crippen LogP contribution in [0.2, 0.25) is 5.02 Å². The molecule has 2 aromatic carbocycles. The highest BCUT2D eigenvalue weighted by Gasteiger charge is 2.23. The Bertz CT molecular complexity index is 1860. The molecular formula is C26H21ClN6O5S2. The highest BCUT2D eigenvalue weighted by Crippen LogP contribution is 2.37. The highest BCUT2D eigenvalue weighted by molar-refractivity contribution is 7.86. The lowest BCUT2D eigenvalue weighted by atomic mass is 10.2. The molecule has 11 nitrogen and oxygen atoms in total. The van der Waals surface area contributed by atoms with Gasteiger partial charge < -0.3 is 19.9 Å². The van der Waals surface area contributed by atoms with E-state index in [0.717, 1.165) is 16.3 Å². The summed E-state index contributed by atoms with van der Waals surface area (Å²) >= 11 is 8.20. The fraction of sp³-hybridized carbons (Fsp3) is 0.154. The third-order valence-corrected chi connectivity index (χ3v) is 7.42. The van der Waals surface area contributed by atoms with Crippen molar-refractivity contribution in [2.24, 2.45) is 0 Å². The second-order valence-electron chi connectivity index (χ2n) is 8.53. The first-order valence-corrected chi connectivity index (χ1v) is 14.9. The summed E-state index contributed by atoms with van der Waals surface area (Å²) in [6.45, 7) is 0.382. The van der Waals surface area contributed by atoms with E-state index in [1.165, 1.54) is 12.4 Å². The zero-order valence-electron chi connectivity index (χ0n) is 20.9. The monoisotopic (exact) mass is 596 g/mol. The lowest BCUT2D eigenvalue weighted by Crippen LogP contribution is -2.38. The molecule has 5 aromatic rings. The number of aromatic nitrogens is 3. The molecule has 3 aromatic heterocycles. The van der Waals surface area contributed by atoms with E-state index in [0.29, 0.717) is 39.1 Å². The van der Waals surface area contributed by atoms with Gasteiger partial charge in [0.25, 0.3) is 16.0 Å². The Kier molecular flexibility index (Phi) is 7.85. The van der Waals surface area contributed by atoms with Crippen molar-refractivity contribution in [1.29, 1.82) is 5.26 Å². The minimum absolute atomic E-state index is 0.0942. The number of hydrogen-bond donors (Lipinski definition) is 2. The summed E-state index contributed by atoms with van der Waals surface area (Å²) < 4.78 is 36.1. The largest absolute Gasteiger partial charge is 0.455 e. The summed E-state index contributed by atoms with van der Waals surface area (Å²) in [6, 6.07) is 16.5. The number of carbonyl (C=O) groups is 1.